The summed E-state index contributed by atoms with van der Waals surface area (Å²) in [6.45, 7) is 8.54. The number of hydrogen-bond acceptors (Lipinski definition) is 9. The molecule has 1 saturated heterocycles. The predicted molar refractivity (Wildman–Crippen MR) is 197 cm³/mol. The lowest BCUT2D eigenvalue weighted by atomic mass is 9.87. The van der Waals surface area contributed by atoms with Crippen LogP contribution in [-0.4, -0.2) is 64.9 Å². The van der Waals surface area contributed by atoms with Crippen molar-refractivity contribution in [2.45, 2.75) is 95.7 Å². The first-order valence-corrected chi connectivity index (χ1v) is 19.6. The number of fused-ring (bicyclic) bond motifs is 5. The van der Waals surface area contributed by atoms with Crippen LogP contribution in [0.15, 0.2) is 65.7 Å². The van der Waals surface area contributed by atoms with Gasteiger partial charge in [0.1, 0.15) is 12.4 Å². The van der Waals surface area contributed by atoms with E-state index in [1.54, 1.807) is 24.4 Å². The number of ether oxygens (including phenoxy) is 1. The minimum atomic E-state index is -4.18. The highest BCUT2D eigenvalue weighted by molar-refractivity contribution is 7.92. The zero-order valence-electron chi connectivity index (χ0n) is 30.0. The summed E-state index contributed by atoms with van der Waals surface area (Å²) in [4.78, 5) is 38.1. The van der Waals surface area contributed by atoms with Gasteiger partial charge in [-0.1, -0.05) is 44.5 Å². The molecule has 3 aliphatic rings. The third kappa shape index (κ3) is 7.15. The number of benzene rings is 2. The molecule has 0 spiro atoms. The maximum Gasteiger partial charge on any atom is 0.264 e. The zero-order valence-corrected chi connectivity index (χ0v) is 30.9. The van der Waals surface area contributed by atoms with E-state index in [1.807, 2.05) is 43.0 Å². The van der Waals surface area contributed by atoms with Gasteiger partial charge in [0.15, 0.2) is 5.82 Å². The fourth-order valence-corrected chi connectivity index (χ4v) is 8.86. The third-order valence-electron chi connectivity index (χ3n) is 10.7. The lowest BCUT2D eigenvalue weighted by Gasteiger charge is -2.40. The van der Waals surface area contributed by atoms with Crippen LogP contribution in [0.25, 0.3) is 11.3 Å². The number of nitrogens with one attached hydrogen (secondary N) is 1. The Bertz CT molecular complexity index is 2010. The maximum absolute atomic E-state index is 15.0. The summed E-state index contributed by atoms with van der Waals surface area (Å²) in [5.41, 5.74) is 3.67. The van der Waals surface area contributed by atoms with Gasteiger partial charge in [0.25, 0.3) is 15.9 Å². The summed E-state index contributed by atoms with van der Waals surface area (Å²) >= 11 is 0. The standard InChI is InChI=1S/C39H47N7O4S/c1-24(2)20-27-12-8-17-32(37-40-19-18-34(42-37)45(5)29-14-9-15-29)46-33(27)23-50-35-22-31(36-25(3)10-6-11-26(36)4)41-39(43-35)44-51(48,49)30-16-7-13-28(21-30)38(46)47/h6-7,10-11,13,16,18-19,21-22,24,27,29,32-33H,8-9,12,14-15,17,20,23H2,1-5H3,(H,41,43,44). The van der Waals surface area contributed by atoms with E-state index in [9.17, 15) is 13.2 Å². The summed E-state index contributed by atoms with van der Waals surface area (Å²) in [5.74, 6) is 1.75. The minimum absolute atomic E-state index is 0.0573. The van der Waals surface area contributed by atoms with Crippen molar-refractivity contribution in [3.63, 3.8) is 0 Å². The molecule has 3 atom stereocenters. The Morgan fingerprint density at radius 1 is 0.961 bits per heavy atom. The molecule has 12 heteroatoms. The van der Waals surface area contributed by atoms with Crippen molar-refractivity contribution in [2.75, 3.05) is 23.3 Å². The molecule has 1 amide bonds. The molecule has 11 nitrogen and oxygen atoms in total. The Morgan fingerprint density at radius 2 is 1.71 bits per heavy atom. The Hall–Kier alpha value is -4.58. The van der Waals surface area contributed by atoms with Gasteiger partial charge in [0, 0.05) is 36.5 Å². The molecule has 7 rings (SSSR count). The molecule has 2 aromatic carbocycles. The van der Waals surface area contributed by atoms with Crippen LogP contribution in [0.5, 0.6) is 5.88 Å². The molecule has 2 aliphatic heterocycles. The molecule has 2 fully saturated rings. The summed E-state index contributed by atoms with van der Waals surface area (Å²) in [5, 5.41) is 0. The van der Waals surface area contributed by atoms with E-state index in [1.165, 1.54) is 18.6 Å². The lowest BCUT2D eigenvalue weighted by Crippen LogP contribution is -2.49. The van der Waals surface area contributed by atoms with Crippen LogP contribution < -0.4 is 14.4 Å². The lowest BCUT2D eigenvalue weighted by molar-refractivity contribution is 0.0347. The second-order valence-electron chi connectivity index (χ2n) is 14.7. The number of sulfonamides is 1. The molecule has 2 aromatic heterocycles. The molecule has 3 unspecified atom stereocenters. The number of rotatable bonds is 6. The van der Waals surface area contributed by atoms with Crippen LogP contribution >= 0.6 is 0 Å². The molecule has 4 bridgehead atoms. The number of carbonyl (C=O) groups excluding carboxylic acids is 1. The van der Waals surface area contributed by atoms with Gasteiger partial charge >= 0.3 is 0 Å². The van der Waals surface area contributed by atoms with Crippen LogP contribution in [0.1, 0.15) is 92.1 Å². The van der Waals surface area contributed by atoms with E-state index in [0.717, 1.165) is 54.6 Å². The SMILES string of the molecule is Cc1cccc(C)c1-c1cc2nc(n1)NS(=O)(=O)c1cccc(c1)C(=O)N1C(c3nccc(N(C)C4CCC4)n3)CCCC(CC(C)C)C1CO2. The number of amides is 1. The Morgan fingerprint density at radius 3 is 2.43 bits per heavy atom. The van der Waals surface area contributed by atoms with E-state index in [-0.39, 0.29) is 46.8 Å². The smallest absolute Gasteiger partial charge is 0.264 e. The number of hydrogen-bond donors (Lipinski definition) is 1. The summed E-state index contributed by atoms with van der Waals surface area (Å²) in [6.07, 6.45) is 8.58. The van der Waals surface area contributed by atoms with E-state index in [4.69, 9.17) is 14.7 Å². The fourth-order valence-electron chi connectivity index (χ4n) is 7.87. The topological polar surface area (TPSA) is 131 Å². The van der Waals surface area contributed by atoms with E-state index < -0.39 is 16.1 Å². The third-order valence-corrected chi connectivity index (χ3v) is 12.0. The van der Waals surface area contributed by atoms with Crippen LogP contribution in [0, 0.1) is 25.7 Å². The fraction of sp³-hybridized carbons (Fsp3) is 0.462. The monoisotopic (exact) mass is 709 g/mol. The van der Waals surface area contributed by atoms with Gasteiger partial charge in [0.05, 0.1) is 22.7 Å². The zero-order chi connectivity index (χ0) is 35.9. The maximum atomic E-state index is 15.0. The average molecular weight is 710 g/mol. The van der Waals surface area contributed by atoms with Crippen molar-refractivity contribution in [3.05, 3.63) is 83.3 Å². The Labute approximate surface area is 301 Å². The van der Waals surface area contributed by atoms with Crippen molar-refractivity contribution in [3.8, 4) is 17.1 Å². The molecular formula is C39H47N7O4S. The highest BCUT2D eigenvalue weighted by Crippen LogP contribution is 2.40. The van der Waals surface area contributed by atoms with Crippen molar-refractivity contribution in [2.24, 2.45) is 11.8 Å². The molecule has 268 valence electrons. The van der Waals surface area contributed by atoms with Gasteiger partial charge in [0.2, 0.25) is 11.8 Å². The summed E-state index contributed by atoms with van der Waals surface area (Å²) < 4.78 is 36.9. The number of carbonyl (C=O) groups is 1. The number of nitrogens with zero attached hydrogens (tertiary/aromatic N) is 6. The highest BCUT2D eigenvalue weighted by atomic mass is 32.2. The van der Waals surface area contributed by atoms with E-state index >= 15 is 0 Å². The molecule has 4 aromatic rings. The Kier molecular flexibility index (Phi) is 9.71. The van der Waals surface area contributed by atoms with Crippen molar-refractivity contribution >= 4 is 27.7 Å². The van der Waals surface area contributed by atoms with Gasteiger partial charge < -0.3 is 14.5 Å². The molecular weight excluding hydrogens is 663 g/mol. The van der Waals surface area contributed by atoms with E-state index in [0.29, 0.717) is 29.9 Å². The van der Waals surface area contributed by atoms with Gasteiger partial charge in [-0.15, -0.1) is 0 Å². The summed E-state index contributed by atoms with van der Waals surface area (Å²) in [7, 11) is -2.11. The van der Waals surface area contributed by atoms with Crippen LogP contribution in [-0.2, 0) is 10.0 Å². The second-order valence-corrected chi connectivity index (χ2v) is 16.4. The molecule has 4 heterocycles. The molecule has 0 radical (unpaired) electrons. The first kappa shape index (κ1) is 34.9. The van der Waals surface area contributed by atoms with Crippen LogP contribution in [0.3, 0.4) is 0 Å². The Balaban J connectivity index is 1.39. The van der Waals surface area contributed by atoms with Gasteiger partial charge in [-0.2, -0.15) is 4.98 Å². The molecule has 1 saturated carbocycles. The normalized spacial score (nSPS) is 21.9. The van der Waals surface area contributed by atoms with Crippen molar-refractivity contribution < 1.29 is 17.9 Å². The first-order chi connectivity index (χ1) is 24.5. The molecule has 1 aliphatic carbocycles. The predicted octanol–water partition coefficient (Wildman–Crippen LogP) is 7.13. The summed E-state index contributed by atoms with van der Waals surface area (Å²) in [6, 6.07) is 15.5. The van der Waals surface area contributed by atoms with Crippen LogP contribution in [0.4, 0.5) is 11.8 Å². The van der Waals surface area contributed by atoms with Gasteiger partial charge in [-0.05, 0) is 99.6 Å². The second kappa shape index (κ2) is 14.2. The van der Waals surface area contributed by atoms with Crippen molar-refractivity contribution in [1.29, 1.82) is 0 Å². The van der Waals surface area contributed by atoms with Gasteiger partial charge in [-0.25, -0.2) is 28.1 Å². The van der Waals surface area contributed by atoms with Crippen molar-refractivity contribution in [1.82, 2.24) is 24.8 Å². The number of aromatic nitrogens is 4. The van der Waals surface area contributed by atoms with E-state index in [2.05, 4.69) is 40.5 Å². The molecule has 51 heavy (non-hydrogen) atoms. The van der Waals surface area contributed by atoms with Gasteiger partial charge in [-0.3, -0.25) is 4.79 Å². The highest BCUT2D eigenvalue weighted by Gasteiger charge is 2.41. The number of aryl methyl sites for hydroxylation is 2. The number of anilines is 2. The minimum Gasteiger partial charge on any atom is -0.475 e. The van der Waals surface area contributed by atoms with Crippen LogP contribution in [0.2, 0.25) is 0 Å². The quantitative estimate of drug-likeness (QED) is 0.222. The largest absolute Gasteiger partial charge is 0.475 e. The first-order valence-electron chi connectivity index (χ1n) is 18.1. The molecule has 1 N–H and O–H groups in total. The average Bonchev–Trinajstić information content (AvgIpc) is 3.24.